The van der Waals surface area contributed by atoms with Gasteiger partial charge in [-0.05, 0) is 95.7 Å². The summed E-state index contributed by atoms with van der Waals surface area (Å²) in [6.07, 6.45) is 15.6. The molecule has 4 aliphatic rings. The molecule has 0 bridgehead atoms. The van der Waals surface area contributed by atoms with E-state index in [1.807, 2.05) is 6.08 Å². The zero-order chi connectivity index (χ0) is 24.2. The molecular weight excluding hydrogens is 408 g/mol. The maximum Gasteiger partial charge on any atom is 0.138 e. The van der Waals surface area contributed by atoms with Crippen LogP contribution in [0.5, 0.6) is 0 Å². The second kappa shape index (κ2) is 8.48. The first kappa shape index (κ1) is 24.9. The molecule has 0 aromatic carbocycles. The minimum atomic E-state index is -0.236. The van der Waals surface area contributed by atoms with Gasteiger partial charge in [-0.25, -0.2) is 0 Å². The van der Waals surface area contributed by atoms with E-state index in [0.29, 0.717) is 23.5 Å². The second-order valence-electron chi connectivity index (χ2n) is 12.9. The van der Waals surface area contributed by atoms with Crippen LogP contribution in [0.1, 0.15) is 92.9 Å². The van der Waals surface area contributed by atoms with Gasteiger partial charge >= 0.3 is 0 Å². The number of ketones is 1. The van der Waals surface area contributed by atoms with Crippen molar-refractivity contribution >= 4 is 5.78 Å². The Kier molecular flexibility index (Phi) is 6.41. The molecule has 3 nitrogen and oxygen atoms in total. The summed E-state index contributed by atoms with van der Waals surface area (Å²) in [5.74, 6) is 2.14. The van der Waals surface area contributed by atoms with Crippen molar-refractivity contribution in [1.82, 2.24) is 0 Å². The number of rotatable bonds is 6. The van der Waals surface area contributed by atoms with Gasteiger partial charge in [-0.2, -0.15) is 0 Å². The molecule has 0 spiro atoms. The van der Waals surface area contributed by atoms with E-state index in [4.69, 9.17) is 0 Å². The lowest BCUT2D eigenvalue weighted by Gasteiger charge is -2.59. The summed E-state index contributed by atoms with van der Waals surface area (Å²) in [5, 5.41) is 18.7. The molecule has 0 aromatic rings. The average molecular weight is 455 g/mol. The summed E-state index contributed by atoms with van der Waals surface area (Å²) in [6.45, 7) is 14.2. The quantitative estimate of drug-likeness (QED) is 0.456. The van der Waals surface area contributed by atoms with E-state index in [2.05, 4.69) is 53.7 Å². The molecule has 0 amide bonds. The molecule has 2 saturated carbocycles. The van der Waals surface area contributed by atoms with Crippen molar-refractivity contribution in [2.24, 2.45) is 39.4 Å². The first-order valence-electron chi connectivity index (χ1n) is 13.3. The minimum Gasteiger partial charge on any atom is -0.392 e. The van der Waals surface area contributed by atoms with Crippen LogP contribution in [0.15, 0.2) is 34.9 Å². The summed E-state index contributed by atoms with van der Waals surface area (Å²) in [7, 11) is 0. The smallest absolute Gasteiger partial charge is 0.138 e. The number of hydrogen-bond acceptors (Lipinski definition) is 3. The zero-order valence-corrected chi connectivity index (χ0v) is 21.8. The van der Waals surface area contributed by atoms with Crippen LogP contribution in [-0.2, 0) is 4.79 Å². The number of carbonyl (C=O) groups is 1. The van der Waals surface area contributed by atoms with Crippen molar-refractivity contribution < 1.29 is 15.0 Å². The number of allylic oxidation sites excluding steroid dienone is 5. The first-order valence-corrected chi connectivity index (χ1v) is 13.3. The average Bonchev–Trinajstić information content (AvgIpc) is 3.05. The predicted molar refractivity (Wildman–Crippen MR) is 135 cm³/mol. The van der Waals surface area contributed by atoms with E-state index in [9.17, 15) is 15.0 Å². The van der Waals surface area contributed by atoms with Crippen LogP contribution in [0.3, 0.4) is 0 Å². The Hall–Kier alpha value is -1.19. The van der Waals surface area contributed by atoms with E-state index in [-0.39, 0.29) is 34.9 Å². The lowest BCUT2D eigenvalue weighted by molar-refractivity contribution is -0.138. The van der Waals surface area contributed by atoms with Crippen molar-refractivity contribution in [2.45, 2.75) is 92.9 Å². The van der Waals surface area contributed by atoms with E-state index in [1.165, 1.54) is 12.8 Å². The number of aliphatic hydroxyl groups excluding tert-OH is 2. The molecule has 3 heteroatoms. The van der Waals surface area contributed by atoms with Gasteiger partial charge < -0.3 is 10.2 Å². The molecule has 6 atom stereocenters. The molecule has 0 radical (unpaired) electrons. The summed E-state index contributed by atoms with van der Waals surface area (Å²) >= 11 is 0. The molecule has 0 heterocycles. The van der Waals surface area contributed by atoms with Crippen LogP contribution in [0, 0.1) is 39.4 Å². The first-order chi connectivity index (χ1) is 15.5. The van der Waals surface area contributed by atoms with Gasteiger partial charge in [-0.15, -0.1) is 0 Å². The topological polar surface area (TPSA) is 57.5 Å². The van der Waals surface area contributed by atoms with Gasteiger partial charge in [0.1, 0.15) is 5.78 Å². The predicted octanol–water partition coefficient (Wildman–Crippen LogP) is 6.41. The fourth-order valence-corrected chi connectivity index (χ4v) is 8.69. The third-order valence-corrected chi connectivity index (χ3v) is 11.2. The van der Waals surface area contributed by atoms with Crippen molar-refractivity contribution in [3.8, 4) is 0 Å². The lowest BCUT2D eigenvalue weighted by atomic mass is 9.44. The normalized spacial score (nSPS) is 40.2. The van der Waals surface area contributed by atoms with Gasteiger partial charge in [0.2, 0.25) is 0 Å². The molecular formula is C30H46O3. The summed E-state index contributed by atoms with van der Waals surface area (Å²) in [6, 6.07) is 0. The highest BCUT2D eigenvalue weighted by Gasteiger charge is 2.63. The van der Waals surface area contributed by atoms with E-state index >= 15 is 0 Å². The molecule has 0 saturated heterocycles. The van der Waals surface area contributed by atoms with Crippen LogP contribution in [0.25, 0.3) is 0 Å². The largest absolute Gasteiger partial charge is 0.392 e. The Morgan fingerprint density at radius 2 is 1.79 bits per heavy atom. The van der Waals surface area contributed by atoms with E-state index < -0.39 is 0 Å². The third-order valence-electron chi connectivity index (χ3n) is 11.2. The summed E-state index contributed by atoms with van der Waals surface area (Å²) in [4.78, 5) is 12.8. The van der Waals surface area contributed by atoms with E-state index in [1.54, 1.807) is 11.1 Å². The maximum atomic E-state index is 12.8. The molecule has 2 N–H and O–H groups in total. The number of hydrogen-bond donors (Lipinski definition) is 2. The van der Waals surface area contributed by atoms with E-state index in [0.717, 1.165) is 44.1 Å². The summed E-state index contributed by atoms with van der Waals surface area (Å²) in [5.41, 5.74) is 4.26. The summed E-state index contributed by atoms with van der Waals surface area (Å²) < 4.78 is 0. The number of Topliss-reactive ketones (excluding diaryl/α,β-unsaturated/α-hetero) is 1. The highest BCUT2D eigenvalue weighted by atomic mass is 16.3. The second-order valence-corrected chi connectivity index (χ2v) is 12.9. The van der Waals surface area contributed by atoms with Crippen LogP contribution in [-0.4, -0.2) is 29.2 Å². The number of aliphatic hydroxyl groups is 2. The molecule has 4 rings (SSSR count). The Morgan fingerprint density at radius 3 is 2.45 bits per heavy atom. The molecule has 1 unspecified atom stereocenters. The van der Waals surface area contributed by atoms with Crippen LogP contribution < -0.4 is 0 Å². The molecule has 184 valence electrons. The van der Waals surface area contributed by atoms with Crippen LogP contribution in [0.4, 0.5) is 0 Å². The number of carbonyl (C=O) groups excluding carboxylic acids is 1. The maximum absolute atomic E-state index is 12.8. The highest BCUT2D eigenvalue weighted by molar-refractivity contribution is 5.86. The van der Waals surface area contributed by atoms with Gasteiger partial charge in [0.15, 0.2) is 0 Å². The third kappa shape index (κ3) is 3.56. The minimum absolute atomic E-state index is 0.0476. The van der Waals surface area contributed by atoms with Crippen molar-refractivity contribution in [3.05, 3.63) is 34.9 Å². The SMILES string of the molecule is C[C@H](CCC=C(CO)CO)[C@H]1CC[C@@]2(C)C3=CCC4C(C)(C)C(=O)CC[C@]4(C)C3=CC[C@]12C. The standard InChI is InChI=1S/C30H46O3/c1-20(8-7-9-21(18-31)19-32)22-12-16-30(6)24-10-11-25-27(2,3)26(33)14-15-28(25,4)23(24)13-17-29(22,30)5/h9-10,13,20,22,25,31-32H,7-8,11-12,14-19H2,1-6H3/t20-,22-,25?,28-,29-,30+/m1/s1. The fourth-order valence-electron chi connectivity index (χ4n) is 8.69. The Labute approximate surface area is 201 Å². The molecule has 0 aliphatic heterocycles. The Bertz CT molecular complexity index is 886. The highest BCUT2D eigenvalue weighted by Crippen LogP contribution is 2.71. The lowest BCUT2D eigenvalue weighted by Crippen LogP contribution is -2.53. The molecule has 4 aliphatic carbocycles. The van der Waals surface area contributed by atoms with Gasteiger partial charge in [-0.1, -0.05) is 59.8 Å². The zero-order valence-electron chi connectivity index (χ0n) is 21.8. The molecule has 2 fully saturated rings. The Morgan fingerprint density at radius 1 is 1.09 bits per heavy atom. The Balaban J connectivity index is 1.61. The molecule has 33 heavy (non-hydrogen) atoms. The number of fused-ring (bicyclic) bond motifs is 5. The van der Waals surface area contributed by atoms with Crippen molar-refractivity contribution in [1.29, 1.82) is 0 Å². The monoisotopic (exact) mass is 454 g/mol. The fraction of sp³-hybridized carbons (Fsp3) is 0.767. The van der Waals surface area contributed by atoms with Crippen LogP contribution in [0.2, 0.25) is 0 Å². The van der Waals surface area contributed by atoms with Crippen LogP contribution >= 0.6 is 0 Å². The van der Waals surface area contributed by atoms with Gasteiger partial charge in [0.05, 0.1) is 13.2 Å². The van der Waals surface area contributed by atoms with Crippen molar-refractivity contribution in [2.75, 3.05) is 13.2 Å². The van der Waals surface area contributed by atoms with Gasteiger partial charge in [0, 0.05) is 11.8 Å². The van der Waals surface area contributed by atoms with Gasteiger partial charge in [0.25, 0.3) is 0 Å². The van der Waals surface area contributed by atoms with Crippen molar-refractivity contribution in [3.63, 3.8) is 0 Å². The van der Waals surface area contributed by atoms with Gasteiger partial charge in [-0.3, -0.25) is 4.79 Å². The molecule has 0 aromatic heterocycles.